The summed E-state index contributed by atoms with van der Waals surface area (Å²) >= 11 is 0. The molecule has 1 fully saturated rings. The second-order valence-electron chi connectivity index (χ2n) is 5.95. The number of aryl methyl sites for hydroxylation is 2. The largest absolute Gasteiger partial charge is 0.368 e. The molecule has 7 heteroatoms. The molecule has 0 aliphatic carbocycles. The van der Waals surface area contributed by atoms with Gasteiger partial charge in [0.1, 0.15) is 5.69 Å². The molecule has 1 saturated heterocycles. The van der Waals surface area contributed by atoms with E-state index in [-0.39, 0.29) is 5.56 Å². The van der Waals surface area contributed by atoms with Gasteiger partial charge in [-0.15, -0.1) is 10.2 Å². The fraction of sp³-hybridized carbons (Fsp3) is 0.438. The topological polar surface area (TPSA) is 80.3 Å². The van der Waals surface area contributed by atoms with Crippen LogP contribution in [0.4, 0.5) is 11.6 Å². The SMILES string of the molecule is Cc1cccc(N2CCN(c3nnc(C)c(=O)n3N)CC2)c1C. The fourth-order valence-electron chi connectivity index (χ4n) is 2.92. The van der Waals surface area contributed by atoms with E-state index in [1.165, 1.54) is 16.8 Å². The third kappa shape index (κ3) is 2.74. The number of benzene rings is 1. The molecule has 0 amide bonds. The van der Waals surface area contributed by atoms with Gasteiger partial charge in [0, 0.05) is 31.9 Å². The van der Waals surface area contributed by atoms with Gasteiger partial charge in [-0.2, -0.15) is 4.68 Å². The predicted molar refractivity (Wildman–Crippen MR) is 91.5 cm³/mol. The van der Waals surface area contributed by atoms with Crippen LogP contribution in [-0.2, 0) is 0 Å². The van der Waals surface area contributed by atoms with E-state index in [4.69, 9.17) is 5.84 Å². The summed E-state index contributed by atoms with van der Waals surface area (Å²) in [5.74, 6) is 6.28. The highest BCUT2D eigenvalue weighted by Gasteiger charge is 2.22. The smallest absolute Gasteiger partial charge is 0.295 e. The maximum atomic E-state index is 11.9. The molecule has 0 bridgehead atoms. The summed E-state index contributed by atoms with van der Waals surface area (Å²) in [6.07, 6.45) is 0. The first-order chi connectivity index (χ1) is 11.0. The highest BCUT2D eigenvalue weighted by molar-refractivity contribution is 5.57. The van der Waals surface area contributed by atoms with Gasteiger partial charge in [0.25, 0.3) is 5.56 Å². The Bertz CT molecular complexity index is 777. The van der Waals surface area contributed by atoms with E-state index in [9.17, 15) is 4.79 Å². The molecular formula is C16H22N6O. The second-order valence-corrected chi connectivity index (χ2v) is 5.95. The van der Waals surface area contributed by atoms with E-state index in [0.717, 1.165) is 30.9 Å². The maximum Gasteiger partial charge on any atom is 0.295 e. The number of rotatable bonds is 2. The average molecular weight is 314 g/mol. The van der Waals surface area contributed by atoms with Crippen molar-refractivity contribution < 1.29 is 0 Å². The third-order valence-corrected chi connectivity index (χ3v) is 4.51. The first kappa shape index (κ1) is 15.3. The third-order valence-electron chi connectivity index (χ3n) is 4.51. The lowest BCUT2D eigenvalue weighted by Gasteiger charge is -2.37. The number of aromatic nitrogens is 3. The minimum Gasteiger partial charge on any atom is -0.368 e. The zero-order valence-corrected chi connectivity index (χ0v) is 13.8. The van der Waals surface area contributed by atoms with Gasteiger partial charge in [0.05, 0.1) is 0 Å². The summed E-state index contributed by atoms with van der Waals surface area (Å²) in [7, 11) is 0. The van der Waals surface area contributed by atoms with Crippen molar-refractivity contribution >= 4 is 11.6 Å². The van der Waals surface area contributed by atoms with Crippen LogP contribution in [0.3, 0.4) is 0 Å². The number of nitrogens with zero attached hydrogens (tertiary/aromatic N) is 5. The Morgan fingerprint density at radius 1 is 1.00 bits per heavy atom. The van der Waals surface area contributed by atoms with Gasteiger partial charge < -0.3 is 15.6 Å². The van der Waals surface area contributed by atoms with Crippen LogP contribution in [0.25, 0.3) is 0 Å². The normalized spacial score (nSPS) is 15.1. The average Bonchev–Trinajstić information content (AvgIpc) is 2.56. The molecule has 23 heavy (non-hydrogen) atoms. The summed E-state index contributed by atoms with van der Waals surface area (Å²) < 4.78 is 1.09. The van der Waals surface area contributed by atoms with Crippen molar-refractivity contribution in [2.75, 3.05) is 41.8 Å². The quantitative estimate of drug-likeness (QED) is 0.818. The van der Waals surface area contributed by atoms with E-state index in [1.807, 2.05) is 4.90 Å². The lowest BCUT2D eigenvalue weighted by Crippen LogP contribution is -2.49. The molecule has 1 aliphatic heterocycles. The number of nitrogen functional groups attached to an aromatic ring is 1. The molecular weight excluding hydrogens is 292 g/mol. The van der Waals surface area contributed by atoms with Gasteiger partial charge in [-0.3, -0.25) is 4.79 Å². The summed E-state index contributed by atoms with van der Waals surface area (Å²) in [6, 6.07) is 6.37. The van der Waals surface area contributed by atoms with Crippen molar-refractivity contribution in [3.05, 3.63) is 45.4 Å². The van der Waals surface area contributed by atoms with E-state index in [0.29, 0.717) is 11.6 Å². The summed E-state index contributed by atoms with van der Waals surface area (Å²) in [6.45, 7) is 9.11. The summed E-state index contributed by atoms with van der Waals surface area (Å²) in [5, 5.41) is 7.99. The van der Waals surface area contributed by atoms with E-state index < -0.39 is 0 Å². The molecule has 1 aromatic heterocycles. The van der Waals surface area contributed by atoms with Crippen LogP contribution >= 0.6 is 0 Å². The van der Waals surface area contributed by atoms with Gasteiger partial charge in [0.15, 0.2) is 0 Å². The van der Waals surface area contributed by atoms with Crippen molar-refractivity contribution in [3.63, 3.8) is 0 Å². The van der Waals surface area contributed by atoms with Crippen LogP contribution < -0.4 is 21.2 Å². The van der Waals surface area contributed by atoms with Crippen molar-refractivity contribution in [2.45, 2.75) is 20.8 Å². The summed E-state index contributed by atoms with van der Waals surface area (Å²) in [5.41, 5.74) is 3.89. The molecule has 1 aliphatic rings. The first-order valence-electron chi connectivity index (χ1n) is 7.76. The highest BCUT2D eigenvalue weighted by Crippen LogP contribution is 2.24. The van der Waals surface area contributed by atoms with Gasteiger partial charge in [-0.05, 0) is 38.0 Å². The zero-order chi connectivity index (χ0) is 16.6. The lowest BCUT2D eigenvalue weighted by molar-refractivity contribution is 0.615. The number of anilines is 2. The molecule has 2 N–H and O–H groups in total. The highest BCUT2D eigenvalue weighted by atomic mass is 16.1. The number of hydrogen-bond acceptors (Lipinski definition) is 6. The van der Waals surface area contributed by atoms with Crippen molar-refractivity contribution in [3.8, 4) is 0 Å². The zero-order valence-electron chi connectivity index (χ0n) is 13.8. The maximum absolute atomic E-state index is 11.9. The Labute approximate surface area is 135 Å². The van der Waals surface area contributed by atoms with Crippen molar-refractivity contribution in [1.29, 1.82) is 0 Å². The van der Waals surface area contributed by atoms with Crippen LogP contribution in [0, 0.1) is 20.8 Å². The second kappa shape index (κ2) is 5.91. The molecule has 122 valence electrons. The van der Waals surface area contributed by atoms with Crippen molar-refractivity contribution in [1.82, 2.24) is 14.9 Å². The van der Waals surface area contributed by atoms with Gasteiger partial charge in [0.2, 0.25) is 5.95 Å². The number of hydrogen-bond donors (Lipinski definition) is 1. The van der Waals surface area contributed by atoms with E-state index in [2.05, 4.69) is 47.1 Å². The minimum absolute atomic E-state index is 0.299. The van der Waals surface area contributed by atoms with E-state index in [1.54, 1.807) is 6.92 Å². The van der Waals surface area contributed by atoms with Crippen molar-refractivity contribution in [2.24, 2.45) is 0 Å². The monoisotopic (exact) mass is 314 g/mol. The molecule has 0 atom stereocenters. The molecule has 2 aromatic rings. The van der Waals surface area contributed by atoms with Crippen LogP contribution in [0.2, 0.25) is 0 Å². The number of piperazine rings is 1. The Morgan fingerprint density at radius 2 is 1.65 bits per heavy atom. The molecule has 0 saturated carbocycles. The molecule has 3 rings (SSSR count). The lowest BCUT2D eigenvalue weighted by atomic mass is 10.1. The Balaban J connectivity index is 1.78. The van der Waals surface area contributed by atoms with Gasteiger partial charge in [-0.1, -0.05) is 12.1 Å². The van der Waals surface area contributed by atoms with Gasteiger partial charge in [-0.25, -0.2) is 0 Å². The fourth-order valence-corrected chi connectivity index (χ4v) is 2.92. The van der Waals surface area contributed by atoms with Gasteiger partial charge >= 0.3 is 0 Å². The molecule has 1 aromatic carbocycles. The number of nitrogens with two attached hydrogens (primary N) is 1. The van der Waals surface area contributed by atoms with Crippen LogP contribution in [0.1, 0.15) is 16.8 Å². The van der Waals surface area contributed by atoms with Crippen LogP contribution in [-0.4, -0.2) is 41.1 Å². The standard InChI is InChI=1S/C16H22N6O/c1-11-5-4-6-14(12(11)2)20-7-9-21(10-8-20)16-19-18-13(3)15(23)22(16)17/h4-6H,7-10,17H2,1-3H3. The van der Waals surface area contributed by atoms with E-state index >= 15 is 0 Å². The Hall–Kier alpha value is -2.57. The Kier molecular flexibility index (Phi) is 3.94. The molecule has 2 heterocycles. The Morgan fingerprint density at radius 3 is 2.35 bits per heavy atom. The molecule has 0 radical (unpaired) electrons. The summed E-state index contributed by atoms with van der Waals surface area (Å²) in [4.78, 5) is 16.3. The van der Waals surface area contributed by atoms with Crippen LogP contribution in [0.15, 0.2) is 23.0 Å². The molecule has 0 spiro atoms. The first-order valence-corrected chi connectivity index (χ1v) is 7.76. The molecule has 7 nitrogen and oxygen atoms in total. The molecule has 0 unspecified atom stereocenters. The minimum atomic E-state index is -0.299. The predicted octanol–water partition coefficient (Wildman–Crippen LogP) is 0.604. The van der Waals surface area contributed by atoms with Crippen LogP contribution in [0.5, 0.6) is 0 Å².